The minimum absolute atomic E-state index is 0.0297. The van der Waals surface area contributed by atoms with Gasteiger partial charge < -0.3 is 20.7 Å². The van der Waals surface area contributed by atoms with E-state index in [4.69, 9.17) is 10.5 Å². The number of morpholine rings is 1. The SMILES string of the molecule is NC(=O)C1CN(C(=O)Nc2cc(F)ccc2F)CCO1. The van der Waals surface area contributed by atoms with Crippen LogP contribution in [0.5, 0.6) is 0 Å². The van der Waals surface area contributed by atoms with E-state index in [0.717, 1.165) is 18.2 Å². The number of hydrogen-bond acceptors (Lipinski definition) is 3. The van der Waals surface area contributed by atoms with E-state index in [-0.39, 0.29) is 25.4 Å². The van der Waals surface area contributed by atoms with Crippen LogP contribution in [0.1, 0.15) is 0 Å². The van der Waals surface area contributed by atoms with Crippen LogP contribution in [0.15, 0.2) is 18.2 Å². The second-order valence-electron chi connectivity index (χ2n) is 4.26. The molecule has 1 unspecified atom stereocenters. The molecule has 6 nitrogen and oxygen atoms in total. The van der Waals surface area contributed by atoms with Gasteiger partial charge in [0.25, 0.3) is 0 Å². The molecule has 1 saturated heterocycles. The maximum atomic E-state index is 13.4. The summed E-state index contributed by atoms with van der Waals surface area (Å²) >= 11 is 0. The maximum absolute atomic E-state index is 13.4. The van der Waals surface area contributed by atoms with Crippen molar-refractivity contribution in [2.45, 2.75) is 6.10 Å². The summed E-state index contributed by atoms with van der Waals surface area (Å²) in [5.41, 5.74) is 4.83. The van der Waals surface area contributed by atoms with Gasteiger partial charge in [0.1, 0.15) is 11.6 Å². The van der Waals surface area contributed by atoms with Crippen molar-refractivity contribution >= 4 is 17.6 Å². The number of carbonyl (C=O) groups excluding carboxylic acids is 2. The zero-order chi connectivity index (χ0) is 14.7. The smallest absolute Gasteiger partial charge is 0.322 e. The summed E-state index contributed by atoms with van der Waals surface area (Å²) in [4.78, 5) is 24.2. The molecule has 0 radical (unpaired) electrons. The summed E-state index contributed by atoms with van der Waals surface area (Å²) in [6.07, 6.45) is -0.896. The third-order valence-corrected chi connectivity index (χ3v) is 2.84. The number of nitrogens with zero attached hydrogens (tertiary/aromatic N) is 1. The second-order valence-corrected chi connectivity index (χ2v) is 4.26. The first kappa shape index (κ1) is 14.2. The molecule has 1 heterocycles. The van der Waals surface area contributed by atoms with Crippen LogP contribution in [0.2, 0.25) is 0 Å². The number of primary amides is 1. The van der Waals surface area contributed by atoms with Crippen molar-refractivity contribution in [3.8, 4) is 0 Å². The Labute approximate surface area is 113 Å². The zero-order valence-electron chi connectivity index (χ0n) is 10.4. The number of ether oxygens (including phenoxy) is 1. The standard InChI is InChI=1S/C12H13F2N3O3/c13-7-1-2-8(14)9(5-7)16-12(19)17-3-4-20-10(6-17)11(15)18/h1-2,5,10H,3-4,6H2,(H2,15,18)(H,16,19). The molecule has 3 amide bonds. The molecule has 20 heavy (non-hydrogen) atoms. The number of anilines is 1. The Morgan fingerprint density at radius 2 is 2.15 bits per heavy atom. The minimum Gasteiger partial charge on any atom is -0.367 e. The summed E-state index contributed by atoms with van der Waals surface area (Å²) in [5, 5.41) is 2.24. The van der Waals surface area contributed by atoms with Crippen LogP contribution in [0.3, 0.4) is 0 Å². The molecule has 2 rings (SSSR count). The summed E-state index contributed by atoms with van der Waals surface area (Å²) in [7, 11) is 0. The van der Waals surface area contributed by atoms with Gasteiger partial charge in [-0.05, 0) is 12.1 Å². The molecule has 0 bridgehead atoms. The fourth-order valence-corrected chi connectivity index (χ4v) is 1.79. The average Bonchev–Trinajstić information content (AvgIpc) is 2.43. The fourth-order valence-electron chi connectivity index (χ4n) is 1.79. The highest BCUT2D eigenvalue weighted by molar-refractivity contribution is 5.90. The zero-order valence-corrected chi connectivity index (χ0v) is 10.4. The van der Waals surface area contributed by atoms with Gasteiger partial charge in [-0.25, -0.2) is 13.6 Å². The first-order valence-corrected chi connectivity index (χ1v) is 5.89. The van der Waals surface area contributed by atoms with Crippen LogP contribution >= 0.6 is 0 Å². The molecule has 3 N–H and O–H groups in total. The highest BCUT2D eigenvalue weighted by atomic mass is 19.1. The molecule has 8 heteroatoms. The van der Waals surface area contributed by atoms with E-state index in [9.17, 15) is 18.4 Å². The minimum atomic E-state index is -0.896. The lowest BCUT2D eigenvalue weighted by atomic mass is 10.2. The molecule has 0 saturated carbocycles. The van der Waals surface area contributed by atoms with Crippen molar-refractivity contribution in [1.82, 2.24) is 4.90 Å². The summed E-state index contributed by atoms with van der Waals surface area (Å²) in [5.74, 6) is -2.10. The van der Waals surface area contributed by atoms with Crippen LogP contribution in [0, 0.1) is 11.6 Å². The lowest BCUT2D eigenvalue weighted by Gasteiger charge is -2.31. The van der Waals surface area contributed by atoms with Crippen LogP contribution in [-0.4, -0.2) is 42.6 Å². The highest BCUT2D eigenvalue weighted by Crippen LogP contribution is 2.16. The third-order valence-electron chi connectivity index (χ3n) is 2.84. The van der Waals surface area contributed by atoms with Crippen LogP contribution in [0.25, 0.3) is 0 Å². The van der Waals surface area contributed by atoms with Gasteiger partial charge in [-0.1, -0.05) is 0 Å². The van der Waals surface area contributed by atoms with E-state index in [2.05, 4.69) is 5.32 Å². The van der Waals surface area contributed by atoms with Crippen LogP contribution < -0.4 is 11.1 Å². The van der Waals surface area contributed by atoms with E-state index in [1.165, 1.54) is 4.90 Å². The summed E-state index contributed by atoms with van der Waals surface area (Å²) in [6.45, 7) is 0.345. The van der Waals surface area contributed by atoms with Crippen molar-refractivity contribution in [2.75, 3.05) is 25.0 Å². The lowest BCUT2D eigenvalue weighted by molar-refractivity contribution is -0.133. The van der Waals surface area contributed by atoms with Gasteiger partial charge >= 0.3 is 6.03 Å². The van der Waals surface area contributed by atoms with Crippen LogP contribution in [0.4, 0.5) is 19.3 Å². The third kappa shape index (κ3) is 3.21. The number of amides is 3. The van der Waals surface area contributed by atoms with E-state index in [0.29, 0.717) is 0 Å². The predicted octanol–water partition coefficient (Wildman–Crippen LogP) is 0.683. The first-order chi connectivity index (χ1) is 9.47. The van der Waals surface area contributed by atoms with Gasteiger partial charge in [0.15, 0.2) is 6.10 Å². The Balaban J connectivity index is 2.04. The predicted molar refractivity (Wildman–Crippen MR) is 65.9 cm³/mol. The Morgan fingerprint density at radius 3 is 2.85 bits per heavy atom. The molecule has 1 atom stereocenters. The van der Waals surface area contributed by atoms with Crippen LogP contribution in [-0.2, 0) is 9.53 Å². The Morgan fingerprint density at radius 1 is 1.40 bits per heavy atom. The topological polar surface area (TPSA) is 84.7 Å². The second kappa shape index (κ2) is 5.83. The van der Waals surface area contributed by atoms with Crippen molar-refractivity contribution in [3.63, 3.8) is 0 Å². The number of benzene rings is 1. The number of nitrogens with one attached hydrogen (secondary N) is 1. The van der Waals surface area contributed by atoms with Gasteiger partial charge in [0.05, 0.1) is 18.8 Å². The largest absolute Gasteiger partial charge is 0.367 e. The van der Waals surface area contributed by atoms with Crippen molar-refractivity contribution in [3.05, 3.63) is 29.8 Å². The molecule has 1 aliphatic rings. The molecule has 1 aromatic rings. The molecule has 0 aromatic heterocycles. The molecule has 108 valence electrons. The van der Waals surface area contributed by atoms with E-state index >= 15 is 0 Å². The number of nitrogens with two attached hydrogens (primary N) is 1. The van der Waals surface area contributed by atoms with Gasteiger partial charge in [-0.15, -0.1) is 0 Å². The molecular weight excluding hydrogens is 272 g/mol. The summed E-state index contributed by atoms with van der Waals surface area (Å²) in [6, 6.07) is 2.09. The Kier molecular flexibility index (Phi) is 4.14. The monoisotopic (exact) mass is 285 g/mol. The van der Waals surface area contributed by atoms with Gasteiger partial charge in [0, 0.05) is 12.6 Å². The van der Waals surface area contributed by atoms with Gasteiger partial charge in [0.2, 0.25) is 5.91 Å². The number of urea groups is 1. The molecule has 1 aromatic carbocycles. The van der Waals surface area contributed by atoms with Crippen molar-refractivity contribution in [1.29, 1.82) is 0 Å². The fraction of sp³-hybridized carbons (Fsp3) is 0.333. The van der Waals surface area contributed by atoms with Crippen molar-refractivity contribution in [2.24, 2.45) is 5.73 Å². The van der Waals surface area contributed by atoms with E-state index in [1.807, 2.05) is 0 Å². The maximum Gasteiger partial charge on any atom is 0.322 e. The van der Waals surface area contributed by atoms with Gasteiger partial charge in [-0.2, -0.15) is 0 Å². The Bertz CT molecular complexity index is 539. The number of halogens is 2. The molecule has 1 aliphatic heterocycles. The quantitative estimate of drug-likeness (QED) is 0.838. The Hall–Kier alpha value is -2.22. The number of carbonyl (C=O) groups is 2. The lowest BCUT2D eigenvalue weighted by Crippen LogP contribution is -2.51. The number of hydrogen-bond donors (Lipinski definition) is 2. The molecule has 1 fully saturated rings. The van der Waals surface area contributed by atoms with Crippen molar-refractivity contribution < 1.29 is 23.1 Å². The first-order valence-electron chi connectivity index (χ1n) is 5.89. The molecular formula is C12H13F2N3O3. The highest BCUT2D eigenvalue weighted by Gasteiger charge is 2.28. The molecule has 0 aliphatic carbocycles. The normalized spacial score (nSPS) is 18.7. The molecule has 0 spiro atoms. The average molecular weight is 285 g/mol. The summed E-state index contributed by atoms with van der Waals surface area (Å²) < 4.78 is 31.5. The van der Waals surface area contributed by atoms with E-state index < -0.39 is 29.7 Å². The van der Waals surface area contributed by atoms with E-state index in [1.54, 1.807) is 0 Å². The number of rotatable bonds is 2. The van der Waals surface area contributed by atoms with Gasteiger partial charge in [-0.3, -0.25) is 4.79 Å².